The quantitative estimate of drug-likeness (QED) is 0.302. The van der Waals surface area contributed by atoms with Crippen LogP contribution < -0.4 is 10.0 Å². The number of anilines is 1. The van der Waals surface area contributed by atoms with Crippen LogP contribution in [0.15, 0.2) is 53.4 Å². The zero-order valence-electron chi connectivity index (χ0n) is 18.9. The smallest absolute Gasteiger partial charge is 0.269 e. The molecule has 2 aromatic carbocycles. The highest BCUT2D eigenvalue weighted by Gasteiger charge is 2.41. The van der Waals surface area contributed by atoms with Crippen LogP contribution in [-0.4, -0.2) is 51.0 Å². The summed E-state index contributed by atoms with van der Waals surface area (Å²) in [4.78, 5) is 12.8. The van der Waals surface area contributed by atoms with Crippen LogP contribution in [0, 0.1) is 39.2 Å². The molecule has 2 unspecified atom stereocenters. The molecule has 1 aliphatic heterocycles. The Bertz CT molecular complexity index is 1130. The largest absolute Gasteiger partial charge is 0.385 e. The fourth-order valence-corrected chi connectivity index (χ4v) is 6.26. The Kier molecular flexibility index (Phi) is 7.46. The summed E-state index contributed by atoms with van der Waals surface area (Å²) in [6, 6.07) is 14.6. The van der Waals surface area contributed by atoms with Crippen molar-refractivity contribution in [2.24, 2.45) is 17.8 Å². The first-order valence-electron chi connectivity index (χ1n) is 11.6. The van der Waals surface area contributed by atoms with Gasteiger partial charge in [0, 0.05) is 44.0 Å². The van der Waals surface area contributed by atoms with Crippen LogP contribution in [0.2, 0.25) is 0 Å². The Morgan fingerprint density at radius 2 is 1.71 bits per heavy atom. The van der Waals surface area contributed by atoms with E-state index in [0.29, 0.717) is 29.9 Å². The maximum Gasteiger partial charge on any atom is 0.269 e. The minimum atomic E-state index is -3.70. The summed E-state index contributed by atoms with van der Waals surface area (Å²) in [5.41, 5.74) is 1.54. The number of nitriles is 1. The number of hydrogen-bond acceptors (Lipinski definition) is 7. The van der Waals surface area contributed by atoms with Crippen molar-refractivity contribution in [1.82, 2.24) is 9.62 Å². The molecule has 0 radical (unpaired) electrons. The molecular formula is C24H29N5O4S. The van der Waals surface area contributed by atoms with Crippen molar-refractivity contribution in [2.75, 3.05) is 38.0 Å². The first-order valence-corrected chi connectivity index (χ1v) is 13.0. The number of fused-ring (bicyclic) bond motifs is 2. The van der Waals surface area contributed by atoms with Gasteiger partial charge in [-0.2, -0.15) is 5.26 Å². The average Bonchev–Trinajstić information content (AvgIpc) is 3.08. The van der Waals surface area contributed by atoms with Crippen LogP contribution >= 0.6 is 0 Å². The molecule has 34 heavy (non-hydrogen) atoms. The predicted molar refractivity (Wildman–Crippen MR) is 129 cm³/mol. The summed E-state index contributed by atoms with van der Waals surface area (Å²) in [7, 11) is -3.70. The lowest BCUT2D eigenvalue weighted by molar-refractivity contribution is -0.384. The SMILES string of the molecule is N#Cc1ccc(NCCCN2CC3CCC(C2)C3CNS(=O)(=O)c2ccc([N+](=O)[O-])cc2)cc1. The van der Waals surface area contributed by atoms with Crippen molar-refractivity contribution in [3.05, 3.63) is 64.2 Å². The molecule has 9 nitrogen and oxygen atoms in total. The molecule has 1 heterocycles. The number of likely N-dealkylation sites (tertiary alicyclic amines) is 1. The highest BCUT2D eigenvalue weighted by atomic mass is 32.2. The number of nitro groups is 1. The van der Waals surface area contributed by atoms with Gasteiger partial charge in [-0.05, 0) is 80.0 Å². The molecular weight excluding hydrogens is 454 g/mol. The summed E-state index contributed by atoms with van der Waals surface area (Å²) in [5.74, 6) is 1.27. The first-order chi connectivity index (χ1) is 16.4. The van der Waals surface area contributed by atoms with E-state index in [9.17, 15) is 18.5 Å². The third kappa shape index (κ3) is 5.73. The highest BCUT2D eigenvalue weighted by Crippen LogP contribution is 2.41. The van der Waals surface area contributed by atoms with Crippen molar-refractivity contribution in [3.63, 3.8) is 0 Å². The molecule has 0 spiro atoms. The monoisotopic (exact) mass is 483 g/mol. The van der Waals surface area contributed by atoms with E-state index in [-0.39, 0.29) is 10.6 Å². The average molecular weight is 484 g/mol. The minimum absolute atomic E-state index is 0.0534. The molecule has 2 aromatic rings. The Labute approximate surface area is 200 Å². The molecule has 1 aliphatic carbocycles. The fraction of sp³-hybridized carbons (Fsp3) is 0.458. The summed E-state index contributed by atoms with van der Waals surface area (Å²) >= 11 is 0. The lowest BCUT2D eigenvalue weighted by atomic mass is 9.85. The summed E-state index contributed by atoms with van der Waals surface area (Å²) in [5, 5.41) is 23.1. The molecule has 0 aromatic heterocycles. The standard InChI is InChI=1S/C24H29N5O4S/c25-14-18-2-6-21(7-3-18)26-12-1-13-28-16-19-4-5-20(17-28)24(19)15-27-34(32,33)23-10-8-22(9-11-23)29(30)31/h2-3,6-11,19-20,24,26-27H,1,4-5,12-13,15-17H2. The summed E-state index contributed by atoms with van der Waals surface area (Å²) in [6.45, 7) is 4.23. The van der Waals surface area contributed by atoms with Gasteiger partial charge in [-0.3, -0.25) is 10.1 Å². The van der Waals surface area contributed by atoms with E-state index in [2.05, 4.69) is 21.0 Å². The van der Waals surface area contributed by atoms with E-state index < -0.39 is 14.9 Å². The summed E-state index contributed by atoms with van der Waals surface area (Å²) < 4.78 is 28.1. The van der Waals surface area contributed by atoms with Crippen molar-refractivity contribution in [2.45, 2.75) is 24.2 Å². The molecule has 4 rings (SSSR count). The molecule has 1 saturated carbocycles. The van der Waals surface area contributed by atoms with Gasteiger partial charge in [-0.1, -0.05) is 0 Å². The van der Waals surface area contributed by atoms with Crippen LogP contribution in [0.5, 0.6) is 0 Å². The molecule has 1 saturated heterocycles. The second-order valence-electron chi connectivity index (χ2n) is 9.09. The number of sulfonamides is 1. The zero-order valence-corrected chi connectivity index (χ0v) is 19.7. The van der Waals surface area contributed by atoms with E-state index in [0.717, 1.165) is 51.1 Å². The van der Waals surface area contributed by atoms with Gasteiger partial charge in [0.1, 0.15) is 0 Å². The van der Waals surface area contributed by atoms with E-state index in [1.165, 1.54) is 24.3 Å². The number of piperidine rings is 1. The number of hydrogen-bond donors (Lipinski definition) is 2. The van der Waals surface area contributed by atoms with Gasteiger partial charge in [-0.25, -0.2) is 13.1 Å². The van der Waals surface area contributed by atoms with Crippen molar-refractivity contribution >= 4 is 21.4 Å². The second-order valence-corrected chi connectivity index (χ2v) is 10.9. The maximum absolute atomic E-state index is 12.7. The van der Waals surface area contributed by atoms with Crippen LogP contribution in [0.4, 0.5) is 11.4 Å². The molecule has 2 N–H and O–H groups in total. The predicted octanol–water partition coefficient (Wildman–Crippen LogP) is 3.20. The zero-order chi connectivity index (χ0) is 24.1. The molecule has 180 valence electrons. The van der Waals surface area contributed by atoms with Gasteiger partial charge in [0.05, 0.1) is 21.5 Å². The van der Waals surface area contributed by atoms with Gasteiger partial charge in [0.15, 0.2) is 0 Å². The topological polar surface area (TPSA) is 128 Å². The van der Waals surface area contributed by atoms with Gasteiger partial charge < -0.3 is 10.2 Å². The Morgan fingerprint density at radius 1 is 1.06 bits per heavy atom. The Hall–Kier alpha value is -3.00. The van der Waals surface area contributed by atoms with Gasteiger partial charge in [0.25, 0.3) is 5.69 Å². The van der Waals surface area contributed by atoms with Crippen LogP contribution in [0.3, 0.4) is 0 Å². The molecule has 2 bridgehead atoms. The van der Waals surface area contributed by atoms with Gasteiger partial charge in [-0.15, -0.1) is 0 Å². The van der Waals surface area contributed by atoms with Crippen molar-refractivity contribution in [3.8, 4) is 6.07 Å². The third-order valence-electron chi connectivity index (χ3n) is 6.97. The molecule has 2 atom stereocenters. The highest BCUT2D eigenvalue weighted by molar-refractivity contribution is 7.89. The number of nitrogens with zero attached hydrogens (tertiary/aromatic N) is 3. The molecule has 2 fully saturated rings. The number of benzene rings is 2. The van der Waals surface area contributed by atoms with E-state index in [4.69, 9.17) is 5.26 Å². The van der Waals surface area contributed by atoms with E-state index in [1.807, 2.05) is 12.1 Å². The van der Waals surface area contributed by atoms with Crippen molar-refractivity contribution < 1.29 is 13.3 Å². The van der Waals surface area contributed by atoms with Crippen LogP contribution in [0.25, 0.3) is 0 Å². The van der Waals surface area contributed by atoms with Crippen LogP contribution in [0.1, 0.15) is 24.8 Å². The summed E-state index contributed by atoms with van der Waals surface area (Å²) in [6.07, 6.45) is 3.25. The maximum atomic E-state index is 12.7. The number of rotatable bonds is 10. The van der Waals surface area contributed by atoms with E-state index >= 15 is 0 Å². The number of nitrogens with one attached hydrogen (secondary N) is 2. The Morgan fingerprint density at radius 3 is 2.29 bits per heavy atom. The Balaban J connectivity index is 1.23. The van der Waals surface area contributed by atoms with Gasteiger partial charge >= 0.3 is 0 Å². The van der Waals surface area contributed by atoms with E-state index in [1.54, 1.807) is 12.1 Å². The van der Waals surface area contributed by atoms with Gasteiger partial charge in [0.2, 0.25) is 10.0 Å². The first kappa shape index (κ1) is 24.1. The second kappa shape index (κ2) is 10.5. The lowest BCUT2D eigenvalue weighted by Crippen LogP contribution is -2.46. The van der Waals surface area contributed by atoms with Crippen molar-refractivity contribution in [1.29, 1.82) is 5.26 Å². The molecule has 10 heteroatoms. The number of nitro benzene ring substituents is 1. The van der Waals surface area contributed by atoms with Crippen LogP contribution in [-0.2, 0) is 10.0 Å². The molecule has 0 amide bonds. The normalized spacial score (nSPS) is 22.3. The molecule has 2 aliphatic rings. The lowest BCUT2D eigenvalue weighted by Gasteiger charge is -2.38. The third-order valence-corrected chi connectivity index (χ3v) is 8.41. The minimum Gasteiger partial charge on any atom is -0.385 e. The number of non-ortho nitro benzene ring substituents is 1. The fourth-order valence-electron chi connectivity index (χ4n) is 5.18.